The molecule has 2 rings (SSSR count). The Morgan fingerprint density at radius 3 is 3.00 bits per heavy atom. The summed E-state index contributed by atoms with van der Waals surface area (Å²) in [6.45, 7) is 2.96. The minimum atomic E-state index is 0.00380. The minimum absolute atomic E-state index is 0.00380. The molecule has 1 aliphatic carbocycles. The van der Waals surface area contributed by atoms with Crippen molar-refractivity contribution in [3.8, 4) is 0 Å². The van der Waals surface area contributed by atoms with Crippen LogP contribution in [0.3, 0.4) is 0 Å². The summed E-state index contributed by atoms with van der Waals surface area (Å²) in [5.41, 5.74) is 8.65. The number of hydrogen-bond donors (Lipinski definition) is 1. The first-order chi connectivity index (χ1) is 7.24. The van der Waals surface area contributed by atoms with E-state index in [0.717, 1.165) is 38.6 Å². The fourth-order valence-electron chi connectivity index (χ4n) is 2.30. The zero-order valence-electron chi connectivity index (χ0n) is 9.25. The van der Waals surface area contributed by atoms with E-state index in [1.54, 1.807) is 0 Å². The van der Waals surface area contributed by atoms with E-state index < -0.39 is 0 Å². The Hall–Kier alpha value is -1.25. The first-order valence-electron chi connectivity index (χ1n) is 5.75. The third-order valence-corrected chi connectivity index (χ3v) is 3.11. The maximum absolute atomic E-state index is 11.9. The fourth-order valence-corrected chi connectivity index (χ4v) is 2.30. The summed E-state index contributed by atoms with van der Waals surface area (Å²) in [5.74, 6) is 0. The number of aromatic nitrogens is 1. The van der Waals surface area contributed by atoms with Crippen molar-refractivity contribution in [3.63, 3.8) is 0 Å². The van der Waals surface area contributed by atoms with Gasteiger partial charge in [-0.25, -0.2) is 0 Å². The predicted molar refractivity (Wildman–Crippen MR) is 62.0 cm³/mol. The van der Waals surface area contributed by atoms with Crippen LogP contribution in [0.15, 0.2) is 10.9 Å². The van der Waals surface area contributed by atoms with Crippen molar-refractivity contribution in [1.29, 1.82) is 0 Å². The third kappa shape index (κ3) is 1.78. The molecule has 0 saturated heterocycles. The van der Waals surface area contributed by atoms with E-state index in [-0.39, 0.29) is 5.56 Å². The second-order valence-electron chi connectivity index (χ2n) is 4.24. The number of pyridine rings is 1. The smallest absolute Gasteiger partial charge is 0.273 e. The summed E-state index contributed by atoms with van der Waals surface area (Å²) in [5, 5.41) is 0. The standard InChI is InChI=1S/C12H18N2O/c1-2-3-7-14-11-6-4-5-9(11)8-10(13)12(14)15/h8H,2-7,13H2,1H3. The van der Waals surface area contributed by atoms with Gasteiger partial charge < -0.3 is 10.3 Å². The second kappa shape index (κ2) is 4.09. The van der Waals surface area contributed by atoms with Crippen LogP contribution in [0.4, 0.5) is 5.69 Å². The molecule has 1 aliphatic rings. The van der Waals surface area contributed by atoms with Crippen LogP contribution in [0.1, 0.15) is 37.4 Å². The molecule has 0 bridgehead atoms. The molecule has 2 N–H and O–H groups in total. The topological polar surface area (TPSA) is 48.0 Å². The van der Waals surface area contributed by atoms with E-state index in [1.165, 1.54) is 11.3 Å². The van der Waals surface area contributed by atoms with Crippen LogP contribution in [0, 0.1) is 0 Å². The number of hydrogen-bond acceptors (Lipinski definition) is 2. The first-order valence-corrected chi connectivity index (χ1v) is 5.75. The van der Waals surface area contributed by atoms with Crippen LogP contribution >= 0.6 is 0 Å². The zero-order valence-corrected chi connectivity index (χ0v) is 9.25. The van der Waals surface area contributed by atoms with E-state index in [0.29, 0.717) is 5.69 Å². The quantitative estimate of drug-likeness (QED) is 0.818. The molecule has 3 heteroatoms. The lowest BCUT2D eigenvalue weighted by Gasteiger charge is -2.12. The summed E-state index contributed by atoms with van der Waals surface area (Å²) in [6.07, 6.45) is 5.43. The Morgan fingerprint density at radius 1 is 1.47 bits per heavy atom. The van der Waals surface area contributed by atoms with Crippen molar-refractivity contribution in [2.75, 3.05) is 5.73 Å². The first kappa shape index (κ1) is 10.3. The molecule has 0 aliphatic heterocycles. The Kier molecular flexibility index (Phi) is 2.80. The molecule has 82 valence electrons. The van der Waals surface area contributed by atoms with Crippen LogP contribution in [-0.4, -0.2) is 4.57 Å². The van der Waals surface area contributed by atoms with E-state index >= 15 is 0 Å². The monoisotopic (exact) mass is 206 g/mol. The lowest BCUT2D eigenvalue weighted by Crippen LogP contribution is -2.26. The molecule has 1 heterocycles. The van der Waals surface area contributed by atoms with Crippen molar-refractivity contribution in [2.24, 2.45) is 0 Å². The molecular weight excluding hydrogens is 188 g/mol. The van der Waals surface area contributed by atoms with Gasteiger partial charge in [-0.1, -0.05) is 13.3 Å². The summed E-state index contributed by atoms with van der Waals surface area (Å²) in [7, 11) is 0. The number of unbranched alkanes of at least 4 members (excludes halogenated alkanes) is 1. The van der Waals surface area contributed by atoms with Gasteiger partial charge in [0.1, 0.15) is 0 Å². The summed E-state index contributed by atoms with van der Waals surface area (Å²) in [4.78, 5) is 11.9. The molecule has 0 radical (unpaired) electrons. The van der Waals surface area contributed by atoms with Gasteiger partial charge in [0.2, 0.25) is 0 Å². The average Bonchev–Trinajstić information content (AvgIpc) is 2.66. The highest BCUT2D eigenvalue weighted by molar-refractivity contribution is 5.42. The molecule has 0 amide bonds. The zero-order chi connectivity index (χ0) is 10.8. The molecule has 0 aromatic carbocycles. The molecular formula is C12H18N2O. The summed E-state index contributed by atoms with van der Waals surface area (Å²) < 4.78 is 1.89. The molecule has 0 fully saturated rings. The van der Waals surface area contributed by atoms with Gasteiger partial charge in [0.25, 0.3) is 5.56 Å². The van der Waals surface area contributed by atoms with Gasteiger partial charge in [0, 0.05) is 12.2 Å². The van der Waals surface area contributed by atoms with Crippen LogP contribution in [-0.2, 0) is 19.4 Å². The maximum Gasteiger partial charge on any atom is 0.273 e. The fraction of sp³-hybridized carbons (Fsp3) is 0.583. The van der Waals surface area contributed by atoms with E-state index in [1.807, 2.05) is 10.6 Å². The molecule has 15 heavy (non-hydrogen) atoms. The number of nitrogens with zero attached hydrogens (tertiary/aromatic N) is 1. The van der Waals surface area contributed by atoms with Crippen molar-refractivity contribution in [1.82, 2.24) is 4.57 Å². The van der Waals surface area contributed by atoms with Gasteiger partial charge in [-0.3, -0.25) is 4.79 Å². The van der Waals surface area contributed by atoms with Crippen LogP contribution < -0.4 is 11.3 Å². The van der Waals surface area contributed by atoms with Crippen molar-refractivity contribution >= 4 is 5.69 Å². The highest BCUT2D eigenvalue weighted by Crippen LogP contribution is 2.22. The van der Waals surface area contributed by atoms with Gasteiger partial charge in [-0.15, -0.1) is 0 Å². The van der Waals surface area contributed by atoms with Crippen LogP contribution in [0.2, 0.25) is 0 Å². The lowest BCUT2D eigenvalue weighted by atomic mass is 10.2. The number of nitrogen functional groups attached to an aromatic ring is 1. The van der Waals surface area contributed by atoms with Crippen molar-refractivity contribution in [3.05, 3.63) is 27.7 Å². The van der Waals surface area contributed by atoms with E-state index in [4.69, 9.17) is 5.73 Å². The predicted octanol–water partition coefficient (Wildman–Crippen LogP) is 1.72. The molecule has 0 saturated carbocycles. The Bertz CT molecular complexity index is 420. The lowest BCUT2D eigenvalue weighted by molar-refractivity contribution is 0.591. The Labute approximate surface area is 89.9 Å². The SMILES string of the molecule is CCCCn1c2c(cc(N)c1=O)CCC2. The van der Waals surface area contributed by atoms with Crippen molar-refractivity contribution < 1.29 is 0 Å². The normalized spacial score (nSPS) is 14.2. The van der Waals surface area contributed by atoms with E-state index in [9.17, 15) is 4.79 Å². The van der Waals surface area contributed by atoms with E-state index in [2.05, 4.69) is 6.92 Å². The molecule has 1 aromatic rings. The largest absolute Gasteiger partial charge is 0.394 e. The highest BCUT2D eigenvalue weighted by atomic mass is 16.1. The van der Waals surface area contributed by atoms with Crippen molar-refractivity contribution in [2.45, 2.75) is 45.6 Å². The summed E-state index contributed by atoms with van der Waals surface area (Å²) in [6, 6.07) is 1.87. The van der Waals surface area contributed by atoms with Gasteiger partial charge >= 0.3 is 0 Å². The van der Waals surface area contributed by atoms with Gasteiger partial charge in [0.15, 0.2) is 0 Å². The maximum atomic E-state index is 11.9. The molecule has 0 atom stereocenters. The number of anilines is 1. The number of nitrogens with two attached hydrogens (primary N) is 1. The summed E-state index contributed by atoms with van der Waals surface area (Å²) >= 11 is 0. The van der Waals surface area contributed by atoms with Gasteiger partial charge in [-0.2, -0.15) is 0 Å². The third-order valence-electron chi connectivity index (χ3n) is 3.11. The average molecular weight is 206 g/mol. The second-order valence-corrected chi connectivity index (χ2v) is 4.24. The van der Waals surface area contributed by atoms with Crippen LogP contribution in [0.25, 0.3) is 0 Å². The number of fused-ring (bicyclic) bond motifs is 1. The molecule has 0 unspecified atom stereocenters. The molecule has 1 aromatic heterocycles. The number of rotatable bonds is 3. The number of aryl methyl sites for hydroxylation is 1. The Morgan fingerprint density at radius 2 is 2.27 bits per heavy atom. The Balaban J connectivity index is 2.46. The van der Waals surface area contributed by atoms with Crippen LogP contribution in [0.5, 0.6) is 0 Å². The van der Waals surface area contributed by atoms with Gasteiger partial charge in [0.05, 0.1) is 5.69 Å². The minimum Gasteiger partial charge on any atom is -0.394 e. The van der Waals surface area contributed by atoms with Gasteiger partial charge in [-0.05, 0) is 37.3 Å². The molecule has 0 spiro atoms. The molecule has 3 nitrogen and oxygen atoms in total. The highest BCUT2D eigenvalue weighted by Gasteiger charge is 2.17.